The molecule has 0 unspecified atom stereocenters. The van der Waals surface area contributed by atoms with Crippen LogP contribution in [0.25, 0.3) is 0 Å². The van der Waals surface area contributed by atoms with E-state index in [1.807, 2.05) is 20.8 Å². The van der Waals surface area contributed by atoms with Gasteiger partial charge >= 0.3 is 5.97 Å². The van der Waals surface area contributed by atoms with Gasteiger partial charge < -0.3 is 18.9 Å². The van der Waals surface area contributed by atoms with Gasteiger partial charge in [0.25, 0.3) is 0 Å². The highest BCUT2D eigenvalue weighted by Gasteiger charge is 2.15. The summed E-state index contributed by atoms with van der Waals surface area (Å²) in [4.78, 5) is 11.5. The van der Waals surface area contributed by atoms with Gasteiger partial charge in [-0.1, -0.05) is 103 Å². The van der Waals surface area contributed by atoms with Crippen molar-refractivity contribution in [3.8, 4) is 0 Å². The number of unbranched alkanes of at least 4 members (excludes halogenated alkanes) is 15. The van der Waals surface area contributed by atoms with Gasteiger partial charge in [0.2, 0.25) is 0 Å². The first-order chi connectivity index (χ1) is 16.0. The molecule has 0 spiro atoms. The van der Waals surface area contributed by atoms with Crippen molar-refractivity contribution in [1.29, 1.82) is 0 Å². The van der Waals surface area contributed by atoms with E-state index < -0.39 is 5.60 Å². The zero-order valence-corrected chi connectivity index (χ0v) is 22.6. The molecule has 0 aliphatic carbocycles. The first kappa shape index (κ1) is 32.4. The number of ether oxygens (including phenoxy) is 4. The average Bonchev–Trinajstić information content (AvgIpc) is 2.75. The maximum atomic E-state index is 11.5. The summed E-state index contributed by atoms with van der Waals surface area (Å²) in [5.41, 5.74) is -0.472. The summed E-state index contributed by atoms with van der Waals surface area (Å²) in [6.45, 7) is 10.6. The molecule has 0 fully saturated rings. The zero-order valence-electron chi connectivity index (χ0n) is 22.6. The number of carbonyl (C=O) groups excluding carboxylic acids is 1. The number of hydrogen-bond acceptors (Lipinski definition) is 5. The molecular weight excluding hydrogens is 416 g/mol. The predicted molar refractivity (Wildman–Crippen MR) is 138 cm³/mol. The topological polar surface area (TPSA) is 54.0 Å². The Bertz CT molecular complexity index is 406. The van der Waals surface area contributed by atoms with Crippen LogP contribution in [0.4, 0.5) is 0 Å². The maximum absolute atomic E-state index is 11.5. The van der Waals surface area contributed by atoms with Crippen molar-refractivity contribution in [3.63, 3.8) is 0 Å². The first-order valence-corrected chi connectivity index (χ1v) is 13.9. The highest BCUT2D eigenvalue weighted by Crippen LogP contribution is 2.13. The first-order valence-electron chi connectivity index (χ1n) is 13.9. The average molecular weight is 473 g/mol. The third-order valence-corrected chi connectivity index (χ3v) is 5.53. The number of rotatable bonds is 25. The van der Waals surface area contributed by atoms with Gasteiger partial charge in [-0.2, -0.15) is 0 Å². The van der Waals surface area contributed by atoms with E-state index in [2.05, 4.69) is 6.92 Å². The van der Waals surface area contributed by atoms with Gasteiger partial charge in [-0.05, 0) is 27.2 Å². The monoisotopic (exact) mass is 472 g/mol. The summed E-state index contributed by atoms with van der Waals surface area (Å²) in [5, 5.41) is 0. The summed E-state index contributed by atoms with van der Waals surface area (Å²) >= 11 is 0. The molecular formula is C28H56O5. The standard InChI is InChI=1S/C28H56O5/c1-5-6-7-8-9-10-11-12-13-14-15-16-17-18-19-20-21-30-22-23-31-24-25-32-26-27(29)33-28(2,3)4/h5-26H2,1-4H3. The minimum Gasteiger partial charge on any atom is -0.458 e. The Kier molecular flexibility index (Phi) is 24.0. The smallest absolute Gasteiger partial charge is 0.332 e. The molecule has 0 amide bonds. The summed E-state index contributed by atoms with van der Waals surface area (Å²) in [6.07, 6.45) is 22.2. The lowest BCUT2D eigenvalue weighted by atomic mass is 10.0. The molecule has 0 saturated carbocycles. The summed E-state index contributed by atoms with van der Waals surface area (Å²) in [5.74, 6) is -0.343. The van der Waals surface area contributed by atoms with Gasteiger partial charge in [0.15, 0.2) is 0 Å². The van der Waals surface area contributed by atoms with E-state index in [0.717, 1.165) is 13.0 Å². The van der Waals surface area contributed by atoms with Crippen molar-refractivity contribution in [2.24, 2.45) is 0 Å². The fourth-order valence-corrected chi connectivity index (χ4v) is 3.72. The van der Waals surface area contributed by atoms with Gasteiger partial charge in [0.1, 0.15) is 12.2 Å². The molecule has 0 aromatic carbocycles. The van der Waals surface area contributed by atoms with Crippen molar-refractivity contribution in [2.75, 3.05) is 39.6 Å². The van der Waals surface area contributed by atoms with Crippen molar-refractivity contribution in [3.05, 3.63) is 0 Å². The molecule has 0 aromatic rings. The van der Waals surface area contributed by atoms with Crippen LogP contribution >= 0.6 is 0 Å². The molecule has 0 aliphatic heterocycles. The van der Waals surface area contributed by atoms with Crippen LogP contribution in [-0.2, 0) is 23.7 Å². The highest BCUT2D eigenvalue weighted by molar-refractivity contribution is 5.71. The van der Waals surface area contributed by atoms with Crippen LogP contribution < -0.4 is 0 Å². The van der Waals surface area contributed by atoms with E-state index >= 15 is 0 Å². The van der Waals surface area contributed by atoms with Crippen molar-refractivity contribution >= 4 is 5.97 Å². The zero-order chi connectivity index (χ0) is 24.5. The van der Waals surface area contributed by atoms with Crippen LogP contribution in [0.1, 0.15) is 130 Å². The second-order valence-corrected chi connectivity index (χ2v) is 10.2. The molecule has 0 radical (unpaired) electrons. The Morgan fingerprint density at radius 3 is 1.30 bits per heavy atom. The molecule has 0 bridgehead atoms. The Morgan fingerprint density at radius 2 is 0.879 bits per heavy atom. The lowest BCUT2D eigenvalue weighted by Crippen LogP contribution is -2.27. The van der Waals surface area contributed by atoms with Crippen LogP contribution in [0.5, 0.6) is 0 Å². The quantitative estimate of drug-likeness (QED) is 0.101. The Morgan fingerprint density at radius 1 is 0.515 bits per heavy atom. The third-order valence-electron chi connectivity index (χ3n) is 5.53. The molecule has 0 heterocycles. The van der Waals surface area contributed by atoms with Crippen LogP contribution in [0.2, 0.25) is 0 Å². The molecule has 5 heteroatoms. The molecule has 0 rings (SSSR count). The van der Waals surface area contributed by atoms with E-state index in [1.54, 1.807) is 0 Å². The molecule has 0 aromatic heterocycles. The maximum Gasteiger partial charge on any atom is 0.332 e. The molecule has 33 heavy (non-hydrogen) atoms. The summed E-state index contributed by atoms with van der Waals surface area (Å²) < 4.78 is 21.5. The SMILES string of the molecule is CCCCCCCCCCCCCCCCCCOCCOCCOCC(=O)OC(C)(C)C. The van der Waals surface area contributed by atoms with Gasteiger partial charge in [-0.15, -0.1) is 0 Å². The van der Waals surface area contributed by atoms with Crippen LogP contribution in [0.15, 0.2) is 0 Å². The fraction of sp³-hybridized carbons (Fsp3) is 0.964. The van der Waals surface area contributed by atoms with E-state index in [1.165, 1.54) is 96.3 Å². The van der Waals surface area contributed by atoms with Crippen LogP contribution in [0, 0.1) is 0 Å². The fourth-order valence-electron chi connectivity index (χ4n) is 3.72. The van der Waals surface area contributed by atoms with Gasteiger partial charge in [-0.3, -0.25) is 0 Å². The van der Waals surface area contributed by atoms with Crippen molar-refractivity contribution in [1.82, 2.24) is 0 Å². The predicted octanol–water partition coefficient (Wildman–Crippen LogP) is 7.64. The second-order valence-electron chi connectivity index (χ2n) is 10.2. The van der Waals surface area contributed by atoms with E-state index in [4.69, 9.17) is 18.9 Å². The Balaban J connectivity index is 3.10. The molecule has 0 N–H and O–H groups in total. The van der Waals surface area contributed by atoms with E-state index in [0.29, 0.717) is 26.4 Å². The minimum atomic E-state index is -0.472. The highest BCUT2D eigenvalue weighted by atomic mass is 16.6. The van der Waals surface area contributed by atoms with E-state index in [-0.39, 0.29) is 12.6 Å². The summed E-state index contributed by atoms with van der Waals surface area (Å²) in [6, 6.07) is 0. The lowest BCUT2D eigenvalue weighted by Gasteiger charge is -2.19. The minimum absolute atomic E-state index is 0.0314. The summed E-state index contributed by atoms with van der Waals surface area (Å²) in [7, 11) is 0. The van der Waals surface area contributed by atoms with E-state index in [9.17, 15) is 4.79 Å². The molecule has 0 atom stereocenters. The molecule has 5 nitrogen and oxygen atoms in total. The normalized spacial score (nSPS) is 11.8. The Labute approximate surface area is 205 Å². The largest absolute Gasteiger partial charge is 0.458 e. The van der Waals surface area contributed by atoms with Crippen LogP contribution in [-0.4, -0.2) is 51.2 Å². The van der Waals surface area contributed by atoms with Crippen molar-refractivity contribution < 1.29 is 23.7 Å². The molecule has 198 valence electrons. The third kappa shape index (κ3) is 29.3. The number of esters is 1. The van der Waals surface area contributed by atoms with Crippen LogP contribution in [0.3, 0.4) is 0 Å². The van der Waals surface area contributed by atoms with Gasteiger partial charge in [-0.25, -0.2) is 4.79 Å². The van der Waals surface area contributed by atoms with Gasteiger partial charge in [0.05, 0.1) is 26.4 Å². The lowest BCUT2D eigenvalue weighted by molar-refractivity contribution is -0.160. The van der Waals surface area contributed by atoms with Gasteiger partial charge in [0, 0.05) is 6.61 Å². The molecule has 0 saturated heterocycles. The van der Waals surface area contributed by atoms with Crippen molar-refractivity contribution in [2.45, 2.75) is 136 Å². The second kappa shape index (κ2) is 24.5. The molecule has 0 aliphatic rings. The number of carbonyl (C=O) groups is 1. The number of hydrogen-bond donors (Lipinski definition) is 0. The Hall–Kier alpha value is -0.650.